The molecule has 0 rings (SSSR count). The van der Waals surface area contributed by atoms with E-state index in [0.717, 1.165) is 12.4 Å². The summed E-state index contributed by atoms with van der Waals surface area (Å²) in [6.45, 7) is 0. The van der Waals surface area contributed by atoms with Gasteiger partial charge < -0.3 is 22.0 Å². The van der Waals surface area contributed by atoms with Crippen molar-refractivity contribution in [2.45, 2.75) is 0 Å². The monoisotopic (exact) mass is 96.1 g/mol. The van der Waals surface area contributed by atoms with Gasteiger partial charge in [-0.15, -0.1) is 0 Å². The van der Waals surface area contributed by atoms with Gasteiger partial charge in [0.2, 0.25) is 0 Å². The van der Waals surface area contributed by atoms with E-state index in [1.807, 2.05) is 0 Å². The van der Waals surface area contributed by atoms with Crippen LogP contribution in [-0.2, 0) is 0 Å². The minimum atomic E-state index is 0. The molecular weight excluding hydrogens is 93.9 g/mol. The molecule has 0 atom stereocenters. The zero-order valence-corrected chi connectivity index (χ0v) is 4.89. The molecule has 0 saturated heterocycles. The summed E-state index contributed by atoms with van der Waals surface area (Å²) in [6, 6.07) is 0. The van der Waals surface area contributed by atoms with E-state index >= 15 is 0 Å². The second-order valence-electron chi connectivity index (χ2n) is 0.224. The van der Waals surface area contributed by atoms with E-state index in [-0.39, 0.29) is 37.7 Å². The van der Waals surface area contributed by atoms with Crippen LogP contribution in [0.1, 0.15) is 0 Å². The molecule has 0 unspecified atom stereocenters. The van der Waals surface area contributed by atoms with Crippen molar-refractivity contribution >= 4 is 0 Å². The Morgan fingerprint density at radius 1 is 0.875 bits per heavy atom. The molecule has 0 aliphatic heterocycles. The number of hydrogen-bond donors (Lipinski definition) is 0. The summed E-state index contributed by atoms with van der Waals surface area (Å²) in [4.78, 5) is 0. The van der Waals surface area contributed by atoms with Crippen LogP contribution in [-0.4, -0.2) is 0 Å². The molecule has 0 bridgehead atoms. The molecule has 0 aromatic carbocycles. The number of nitrogens with one attached hydrogen (secondary N) is 2. The first-order valence-electron chi connectivity index (χ1n) is 0.947. The molecule has 0 fully saturated rings. The Hall–Kier alpha value is -0.225. The first-order chi connectivity index (χ1) is 2.83. The number of hydrogen-bond acceptors (Lipinski definition) is 2. The van der Waals surface area contributed by atoms with Crippen molar-refractivity contribution in [3.05, 3.63) is 11.5 Å². The van der Waals surface area contributed by atoms with Gasteiger partial charge in [-0.05, 0) is 0 Å². The molecule has 0 heterocycles. The third kappa shape index (κ3) is 2600. The SMILES string of the molecule is N#C[NH-].N#C[NH-].[Li+].[Li+]. The largest absolute Gasteiger partial charge is 1.00 e. The molecule has 0 amide bonds. The van der Waals surface area contributed by atoms with Crippen molar-refractivity contribution in [2.75, 3.05) is 0 Å². The van der Waals surface area contributed by atoms with Crippen molar-refractivity contribution in [3.63, 3.8) is 0 Å². The quantitative estimate of drug-likeness (QED) is 0.223. The standard InChI is InChI=1S/2CHN2.2Li/c2*2-1-3;;/h2*2H;;/q2*-1;2*+1. The summed E-state index contributed by atoms with van der Waals surface area (Å²) in [5, 5.41) is 14.0. The zero-order valence-electron chi connectivity index (χ0n) is 4.89. The maximum Gasteiger partial charge on any atom is 1.00 e. The van der Waals surface area contributed by atoms with E-state index in [4.69, 9.17) is 22.0 Å². The predicted octanol–water partition coefficient (Wildman–Crippen LogP) is -4.95. The molecule has 6 heteroatoms. The van der Waals surface area contributed by atoms with Crippen molar-refractivity contribution in [1.29, 1.82) is 10.5 Å². The van der Waals surface area contributed by atoms with Gasteiger partial charge in [-0.2, -0.15) is 0 Å². The Bertz CT molecular complexity index is 67.0. The van der Waals surface area contributed by atoms with Crippen LogP contribution in [0.3, 0.4) is 0 Å². The molecule has 0 saturated carbocycles. The van der Waals surface area contributed by atoms with Gasteiger partial charge in [0.05, 0.1) is 0 Å². The van der Waals surface area contributed by atoms with Crippen LogP contribution < -0.4 is 37.7 Å². The van der Waals surface area contributed by atoms with Gasteiger partial charge in [-0.1, -0.05) is 12.4 Å². The van der Waals surface area contributed by atoms with Crippen LogP contribution in [0, 0.1) is 22.9 Å². The minimum absolute atomic E-state index is 0. The molecule has 0 aromatic rings. The Balaban J connectivity index is -0.0000000160. The van der Waals surface area contributed by atoms with E-state index in [2.05, 4.69) is 0 Å². The van der Waals surface area contributed by atoms with Gasteiger partial charge in [0.1, 0.15) is 0 Å². The minimum Gasteiger partial charge on any atom is -0.494 e. The van der Waals surface area contributed by atoms with E-state index in [1.165, 1.54) is 0 Å². The molecule has 0 aromatic heterocycles. The van der Waals surface area contributed by atoms with Gasteiger partial charge in [0.25, 0.3) is 0 Å². The van der Waals surface area contributed by atoms with Crippen molar-refractivity contribution in [1.82, 2.24) is 0 Å². The van der Waals surface area contributed by atoms with E-state index in [0.29, 0.717) is 0 Å². The number of rotatable bonds is 0. The van der Waals surface area contributed by atoms with E-state index in [9.17, 15) is 0 Å². The van der Waals surface area contributed by atoms with Crippen molar-refractivity contribution < 1.29 is 37.7 Å². The zero-order chi connectivity index (χ0) is 5.41. The van der Waals surface area contributed by atoms with Crippen LogP contribution >= 0.6 is 0 Å². The average Bonchev–Trinajstić information content (AvgIpc) is 1.39. The third-order valence-electron chi connectivity index (χ3n) is 0. The van der Waals surface area contributed by atoms with Crippen LogP contribution in [0.25, 0.3) is 11.5 Å². The van der Waals surface area contributed by atoms with E-state index < -0.39 is 0 Å². The Labute approximate surface area is 72.2 Å². The predicted molar refractivity (Wildman–Crippen MR) is 19.9 cm³/mol. The van der Waals surface area contributed by atoms with Crippen LogP contribution in [0.15, 0.2) is 0 Å². The second kappa shape index (κ2) is 71.7. The maximum atomic E-state index is 6.99. The van der Waals surface area contributed by atoms with Crippen LogP contribution in [0.4, 0.5) is 0 Å². The van der Waals surface area contributed by atoms with Crippen molar-refractivity contribution in [2.24, 2.45) is 0 Å². The summed E-state index contributed by atoms with van der Waals surface area (Å²) in [5.41, 5.74) is 11.0. The summed E-state index contributed by atoms with van der Waals surface area (Å²) < 4.78 is 0. The summed E-state index contributed by atoms with van der Waals surface area (Å²) in [7, 11) is 0. The van der Waals surface area contributed by atoms with Gasteiger partial charge >= 0.3 is 37.7 Å². The average molecular weight is 95.9 g/mol. The summed E-state index contributed by atoms with van der Waals surface area (Å²) >= 11 is 0. The molecule has 8 heavy (non-hydrogen) atoms. The molecule has 32 valence electrons. The molecule has 2 N–H and O–H groups in total. The number of nitrogens with zero attached hydrogens (tertiary/aromatic N) is 2. The van der Waals surface area contributed by atoms with E-state index in [1.54, 1.807) is 0 Å². The fourth-order valence-electron chi connectivity index (χ4n) is 0. The first-order valence-corrected chi connectivity index (χ1v) is 0.947. The molecule has 0 spiro atoms. The number of nitriles is 2. The topological polar surface area (TPSA) is 95.2 Å². The smallest absolute Gasteiger partial charge is 0.494 e. The molecule has 4 nitrogen and oxygen atoms in total. The second-order valence-corrected chi connectivity index (χ2v) is 0.224. The van der Waals surface area contributed by atoms with Crippen LogP contribution in [0.2, 0.25) is 0 Å². The normalized spacial score (nSPS) is 1.75. The third-order valence-corrected chi connectivity index (χ3v) is 0. The Kier molecular flexibility index (Phi) is 225. The molecular formula is C2H2Li2N4. The van der Waals surface area contributed by atoms with Gasteiger partial charge in [0, 0.05) is 0 Å². The molecule has 0 aliphatic rings. The fourth-order valence-corrected chi connectivity index (χ4v) is 0. The van der Waals surface area contributed by atoms with Crippen molar-refractivity contribution in [3.8, 4) is 12.4 Å². The molecule has 0 radical (unpaired) electrons. The van der Waals surface area contributed by atoms with Gasteiger partial charge in [-0.3, -0.25) is 0 Å². The summed E-state index contributed by atoms with van der Waals surface area (Å²) in [6.07, 6.45) is 2.00. The fraction of sp³-hybridized carbons (Fsp3) is 0. The van der Waals surface area contributed by atoms with Gasteiger partial charge in [0.15, 0.2) is 0 Å². The van der Waals surface area contributed by atoms with Crippen LogP contribution in [0.5, 0.6) is 0 Å². The molecule has 0 aliphatic carbocycles. The Morgan fingerprint density at radius 3 is 0.875 bits per heavy atom. The Morgan fingerprint density at radius 2 is 0.875 bits per heavy atom. The first kappa shape index (κ1) is 25.0. The summed E-state index contributed by atoms with van der Waals surface area (Å²) in [5.74, 6) is 0. The van der Waals surface area contributed by atoms with Gasteiger partial charge in [-0.25, -0.2) is 0 Å². The maximum absolute atomic E-state index is 6.99.